The maximum absolute atomic E-state index is 12.7. The van der Waals surface area contributed by atoms with Gasteiger partial charge in [-0.25, -0.2) is 0 Å². The minimum Gasteiger partial charge on any atom is -0.548 e. The largest absolute Gasteiger partial charge is 0.548 e. The molecule has 152 valence electrons. The summed E-state index contributed by atoms with van der Waals surface area (Å²) in [6, 6.07) is 14.0. The summed E-state index contributed by atoms with van der Waals surface area (Å²) in [5.74, 6) is -2.37. The van der Waals surface area contributed by atoms with Crippen LogP contribution in [0.3, 0.4) is 0 Å². The maximum Gasteiger partial charge on any atom is 0.268 e. The van der Waals surface area contributed by atoms with E-state index in [0.717, 1.165) is 0 Å². The van der Waals surface area contributed by atoms with E-state index in [0.29, 0.717) is 16.9 Å². The summed E-state index contributed by atoms with van der Waals surface area (Å²) >= 11 is 0. The van der Waals surface area contributed by atoms with Crippen LogP contribution in [0.25, 0.3) is 6.08 Å². The lowest BCUT2D eigenvalue weighted by Crippen LogP contribution is -2.52. The fourth-order valence-corrected chi connectivity index (χ4v) is 2.53. The zero-order chi connectivity index (χ0) is 21.4. The molecule has 0 radical (unpaired) electrons. The first-order chi connectivity index (χ1) is 13.8. The molecule has 0 spiro atoms. The van der Waals surface area contributed by atoms with Gasteiger partial charge in [0, 0.05) is 5.56 Å². The fourth-order valence-electron chi connectivity index (χ4n) is 2.53. The van der Waals surface area contributed by atoms with Crippen molar-refractivity contribution < 1.29 is 24.2 Å². The van der Waals surface area contributed by atoms with Crippen LogP contribution in [0.5, 0.6) is 5.75 Å². The number of hydrogen-bond donors (Lipinski definition) is 2. The number of aliphatic carboxylic acids is 1. The van der Waals surface area contributed by atoms with Crippen LogP contribution in [-0.4, -0.2) is 30.9 Å². The molecule has 0 heterocycles. The van der Waals surface area contributed by atoms with Gasteiger partial charge in [-0.15, -0.1) is 0 Å². The lowest BCUT2D eigenvalue weighted by atomic mass is 10.0. The Bertz CT molecular complexity index is 889. The number of carboxylic acids is 1. The number of hydrogen-bond acceptors (Lipinski definition) is 5. The first-order valence-corrected chi connectivity index (χ1v) is 9.05. The van der Waals surface area contributed by atoms with Crippen molar-refractivity contribution in [1.29, 1.82) is 0 Å². The Labute approximate surface area is 169 Å². The van der Waals surface area contributed by atoms with Crippen molar-refractivity contribution in [3.05, 3.63) is 71.4 Å². The van der Waals surface area contributed by atoms with Gasteiger partial charge in [0.15, 0.2) is 0 Å². The van der Waals surface area contributed by atoms with Gasteiger partial charge in [-0.1, -0.05) is 44.2 Å². The van der Waals surface area contributed by atoms with Crippen LogP contribution in [0.4, 0.5) is 0 Å². The Morgan fingerprint density at radius 3 is 2.14 bits per heavy atom. The quantitative estimate of drug-likeness (QED) is 0.656. The topological polar surface area (TPSA) is 108 Å². The van der Waals surface area contributed by atoms with E-state index in [1.807, 2.05) is 0 Å². The highest BCUT2D eigenvalue weighted by Crippen LogP contribution is 2.14. The first kappa shape index (κ1) is 21.7. The number of carboxylic acid groups (broad SMARTS) is 1. The van der Waals surface area contributed by atoms with Crippen molar-refractivity contribution in [1.82, 2.24) is 10.6 Å². The monoisotopic (exact) mass is 395 g/mol. The Hall–Kier alpha value is -3.61. The smallest absolute Gasteiger partial charge is 0.268 e. The number of ether oxygens (including phenoxy) is 1. The normalized spacial score (nSPS) is 12.2. The van der Waals surface area contributed by atoms with Crippen molar-refractivity contribution in [2.45, 2.75) is 19.9 Å². The number of carbonyl (C=O) groups is 3. The van der Waals surface area contributed by atoms with E-state index < -0.39 is 29.7 Å². The molecule has 2 amide bonds. The Morgan fingerprint density at radius 2 is 1.62 bits per heavy atom. The Balaban J connectivity index is 2.33. The van der Waals surface area contributed by atoms with Crippen LogP contribution in [0, 0.1) is 5.92 Å². The molecule has 0 aliphatic heterocycles. The highest BCUT2D eigenvalue weighted by molar-refractivity contribution is 6.06. The zero-order valence-electron chi connectivity index (χ0n) is 16.5. The molecule has 0 aromatic heterocycles. The third-order valence-electron chi connectivity index (χ3n) is 4.16. The molecule has 7 nitrogen and oxygen atoms in total. The molecule has 0 unspecified atom stereocenters. The number of rotatable bonds is 8. The number of nitrogens with one attached hydrogen (secondary N) is 2. The lowest BCUT2D eigenvalue weighted by Gasteiger charge is -2.24. The molecular formula is C22H23N2O5-. The van der Waals surface area contributed by atoms with Crippen molar-refractivity contribution in [2.75, 3.05) is 7.11 Å². The molecular weight excluding hydrogens is 372 g/mol. The Kier molecular flexibility index (Phi) is 7.54. The fraction of sp³-hybridized carbons (Fsp3) is 0.227. The minimum atomic E-state index is -1.40. The van der Waals surface area contributed by atoms with Gasteiger partial charge in [0.05, 0.1) is 19.1 Å². The maximum atomic E-state index is 12.7. The van der Waals surface area contributed by atoms with Gasteiger partial charge < -0.3 is 25.3 Å². The number of amides is 2. The minimum absolute atomic E-state index is 0.0871. The van der Waals surface area contributed by atoms with E-state index in [1.54, 1.807) is 68.4 Å². The summed E-state index contributed by atoms with van der Waals surface area (Å²) < 4.78 is 5.11. The summed E-state index contributed by atoms with van der Waals surface area (Å²) in [5, 5.41) is 16.3. The second kappa shape index (κ2) is 10.1. The second-order valence-electron chi connectivity index (χ2n) is 6.67. The van der Waals surface area contributed by atoms with E-state index >= 15 is 0 Å². The zero-order valence-corrected chi connectivity index (χ0v) is 16.5. The predicted octanol–water partition coefficient (Wildman–Crippen LogP) is 1.36. The van der Waals surface area contributed by atoms with Crippen LogP contribution in [0.2, 0.25) is 0 Å². The molecule has 2 N–H and O–H groups in total. The molecule has 0 fully saturated rings. The van der Waals surface area contributed by atoms with E-state index in [-0.39, 0.29) is 5.70 Å². The van der Waals surface area contributed by atoms with Crippen molar-refractivity contribution in [2.24, 2.45) is 5.92 Å². The number of benzene rings is 2. The summed E-state index contributed by atoms with van der Waals surface area (Å²) in [4.78, 5) is 36.6. The highest BCUT2D eigenvalue weighted by atomic mass is 16.5. The third kappa shape index (κ3) is 6.21. The average Bonchev–Trinajstić information content (AvgIpc) is 2.71. The van der Waals surface area contributed by atoms with E-state index in [9.17, 15) is 19.5 Å². The summed E-state index contributed by atoms with van der Waals surface area (Å²) in [6.45, 7) is 3.30. The van der Waals surface area contributed by atoms with Gasteiger partial charge in [-0.2, -0.15) is 0 Å². The second-order valence-corrected chi connectivity index (χ2v) is 6.67. The summed E-state index contributed by atoms with van der Waals surface area (Å²) in [6.07, 6.45) is 1.46. The van der Waals surface area contributed by atoms with Crippen LogP contribution in [-0.2, 0) is 9.59 Å². The number of methoxy groups -OCH3 is 1. The van der Waals surface area contributed by atoms with Crippen molar-refractivity contribution in [3.8, 4) is 5.75 Å². The van der Waals surface area contributed by atoms with Crippen LogP contribution >= 0.6 is 0 Å². The first-order valence-electron chi connectivity index (χ1n) is 9.05. The van der Waals surface area contributed by atoms with Gasteiger partial charge in [-0.3, -0.25) is 9.59 Å². The molecule has 2 aromatic rings. The van der Waals surface area contributed by atoms with Gasteiger partial charge in [-0.05, 0) is 41.8 Å². The Morgan fingerprint density at radius 1 is 1.00 bits per heavy atom. The molecule has 0 bridgehead atoms. The SMILES string of the molecule is COc1ccc(/C=C(\NC(=O)c2ccccc2)C(=O)N[C@H](C(=O)[O-])C(C)C)cc1. The molecule has 0 saturated heterocycles. The van der Waals surface area contributed by atoms with E-state index in [1.165, 1.54) is 13.2 Å². The van der Waals surface area contributed by atoms with Gasteiger partial charge >= 0.3 is 0 Å². The molecule has 2 rings (SSSR count). The van der Waals surface area contributed by atoms with Crippen LogP contribution in [0.15, 0.2) is 60.3 Å². The van der Waals surface area contributed by atoms with Gasteiger partial charge in [0.1, 0.15) is 11.4 Å². The lowest BCUT2D eigenvalue weighted by molar-refractivity contribution is -0.309. The van der Waals surface area contributed by atoms with Crippen LogP contribution < -0.4 is 20.5 Å². The molecule has 7 heteroatoms. The predicted molar refractivity (Wildman–Crippen MR) is 107 cm³/mol. The molecule has 2 aromatic carbocycles. The summed E-state index contributed by atoms with van der Waals surface area (Å²) in [5.41, 5.74) is 0.899. The van der Waals surface area contributed by atoms with E-state index in [2.05, 4.69) is 10.6 Å². The highest BCUT2D eigenvalue weighted by Gasteiger charge is 2.21. The summed E-state index contributed by atoms with van der Waals surface area (Å²) in [7, 11) is 1.54. The van der Waals surface area contributed by atoms with Crippen LogP contribution in [0.1, 0.15) is 29.8 Å². The third-order valence-corrected chi connectivity index (χ3v) is 4.16. The molecule has 0 saturated carbocycles. The molecule has 1 atom stereocenters. The van der Waals surface area contributed by atoms with Crippen molar-refractivity contribution >= 4 is 23.9 Å². The molecule has 29 heavy (non-hydrogen) atoms. The van der Waals surface area contributed by atoms with Crippen molar-refractivity contribution in [3.63, 3.8) is 0 Å². The standard InChI is InChI=1S/C22H24N2O5/c1-14(2)19(22(27)28)24-21(26)18(13-15-9-11-17(29-3)12-10-15)23-20(25)16-7-5-4-6-8-16/h4-14,19H,1-3H3,(H,23,25)(H,24,26)(H,27,28)/p-1/b18-13-/t19-/m0/s1. The van der Waals surface area contributed by atoms with Gasteiger partial charge in [0.25, 0.3) is 11.8 Å². The van der Waals surface area contributed by atoms with E-state index in [4.69, 9.17) is 4.74 Å². The van der Waals surface area contributed by atoms with Gasteiger partial charge in [0.2, 0.25) is 0 Å². The number of carbonyl (C=O) groups excluding carboxylic acids is 3. The molecule has 0 aliphatic carbocycles. The molecule has 0 aliphatic rings. The average molecular weight is 395 g/mol.